The van der Waals surface area contributed by atoms with Gasteiger partial charge in [0.05, 0.1) is 11.0 Å². The average Bonchev–Trinajstić information content (AvgIpc) is 3.16. The minimum atomic E-state index is -0.356. The molecule has 0 saturated carbocycles. The zero-order valence-electron chi connectivity index (χ0n) is 17.4. The van der Waals surface area contributed by atoms with Crippen LogP contribution in [0, 0.1) is 5.82 Å². The number of carbonyl (C=O) groups excluding carboxylic acids is 2. The highest BCUT2D eigenvalue weighted by atomic mass is 19.1. The van der Waals surface area contributed by atoms with E-state index in [1.165, 1.54) is 24.3 Å². The maximum absolute atomic E-state index is 13.1. The monoisotopic (exact) mass is 430 g/mol. The number of benzene rings is 3. The summed E-state index contributed by atoms with van der Waals surface area (Å²) >= 11 is 0. The minimum absolute atomic E-state index is 0.0869. The van der Waals surface area contributed by atoms with E-state index in [-0.39, 0.29) is 24.2 Å². The predicted octanol–water partition coefficient (Wildman–Crippen LogP) is 4.18. The van der Waals surface area contributed by atoms with E-state index >= 15 is 0 Å². The average molecular weight is 430 g/mol. The van der Waals surface area contributed by atoms with E-state index in [0.29, 0.717) is 30.6 Å². The minimum Gasteiger partial charge on any atom is -0.352 e. The van der Waals surface area contributed by atoms with Crippen LogP contribution in [0.2, 0.25) is 0 Å². The Hall–Kier alpha value is -4.00. The Morgan fingerprint density at radius 3 is 2.41 bits per heavy atom. The van der Waals surface area contributed by atoms with E-state index in [1.54, 1.807) is 12.1 Å². The number of nitrogens with zero attached hydrogens (tertiary/aromatic N) is 2. The summed E-state index contributed by atoms with van der Waals surface area (Å²) < 4.78 is 15.0. The summed E-state index contributed by atoms with van der Waals surface area (Å²) in [5.74, 6) is 0.0795. The maximum Gasteiger partial charge on any atom is 0.251 e. The zero-order chi connectivity index (χ0) is 22.3. The van der Waals surface area contributed by atoms with Gasteiger partial charge >= 0.3 is 0 Å². The molecule has 0 aliphatic carbocycles. The normalized spacial score (nSPS) is 10.8. The molecule has 162 valence electrons. The second-order valence-corrected chi connectivity index (χ2v) is 7.38. The summed E-state index contributed by atoms with van der Waals surface area (Å²) in [5.41, 5.74) is 2.83. The fraction of sp³-hybridized carbons (Fsp3) is 0.160. The fourth-order valence-electron chi connectivity index (χ4n) is 3.51. The van der Waals surface area contributed by atoms with Crippen LogP contribution >= 0.6 is 0 Å². The van der Waals surface area contributed by atoms with Gasteiger partial charge in [-0.15, -0.1) is 0 Å². The molecule has 0 aliphatic rings. The first-order valence-corrected chi connectivity index (χ1v) is 10.4. The van der Waals surface area contributed by atoms with Gasteiger partial charge in [-0.25, -0.2) is 9.37 Å². The molecule has 0 atom stereocenters. The van der Waals surface area contributed by atoms with Crippen molar-refractivity contribution in [2.24, 2.45) is 0 Å². The van der Waals surface area contributed by atoms with Gasteiger partial charge in [-0.05, 0) is 55.0 Å². The first-order chi connectivity index (χ1) is 15.6. The standard InChI is InChI=1S/C25H23FN4O2/c26-19-12-14-20(15-13-19)28-24(31)17-30-22-10-5-4-9-21(22)29-23(30)11-6-16-27-25(32)18-7-2-1-3-8-18/h1-5,7-10,12-15H,6,11,16-17H2,(H,27,32)(H,28,31). The number of halogens is 1. The molecule has 2 N–H and O–H groups in total. The summed E-state index contributed by atoms with van der Waals surface area (Å²) in [4.78, 5) is 29.5. The molecule has 7 heteroatoms. The molecule has 32 heavy (non-hydrogen) atoms. The Balaban J connectivity index is 1.41. The SMILES string of the molecule is O=C(Cn1c(CCCNC(=O)c2ccccc2)nc2ccccc21)Nc1ccc(F)cc1. The van der Waals surface area contributed by atoms with Gasteiger partial charge in [0.15, 0.2) is 0 Å². The second-order valence-electron chi connectivity index (χ2n) is 7.38. The summed E-state index contributed by atoms with van der Waals surface area (Å²) in [5, 5.41) is 5.70. The van der Waals surface area contributed by atoms with Crippen LogP contribution < -0.4 is 10.6 Å². The molecular formula is C25H23FN4O2. The number of imidazole rings is 1. The van der Waals surface area contributed by atoms with Crippen molar-refractivity contribution >= 4 is 28.5 Å². The van der Waals surface area contributed by atoms with Crippen LogP contribution in [0.25, 0.3) is 11.0 Å². The number of amides is 2. The molecule has 0 unspecified atom stereocenters. The van der Waals surface area contributed by atoms with Gasteiger partial charge in [0.25, 0.3) is 5.91 Å². The van der Waals surface area contributed by atoms with Crippen molar-refractivity contribution in [3.8, 4) is 0 Å². The highest BCUT2D eigenvalue weighted by Gasteiger charge is 2.14. The van der Waals surface area contributed by atoms with Crippen molar-refractivity contribution in [3.63, 3.8) is 0 Å². The Morgan fingerprint density at radius 2 is 1.62 bits per heavy atom. The number of fused-ring (bicyclic) bond motifs is 1. The third-order valence-electron chi connectivity index (χ3n) is 5.06. The first kappa shape index (κ1) is 21.2. The maximum atomic E-state index is 13.1. The van der Waals surface area contributed by atoms with Gasteiger partial charge in [0.1, 0.15) is 18.2 Å². The van der Waals surface area contributed by atoms with Crippen molar-refractivity contribution in [1.29, 1.82) is 0 Å². The molecule has 0 fully saturated rings. The lowest BCUT2D eigenvalue weighted by molar-refractivity contribution is -0.116. The van der Waals surface area contributed by atoms with Crippen LogP contribution in [0.5, 0.6) is 0 Å². The van der Waals surface area contributed by atoms with Gasteiger partial charge in [-0.1, -0.05) is 30.3 Å². The van der Waals surface area contributed by atoms with Gasteiger partial charge in [0, 0.05) is 24.2 Å². The smallest absolute Gasteiger partial charge is 0.251 e. The molecule has 4 aromatic rings. The van der Waals surface area contributed by atoms with Crippen molar-refractivity contribution in [2.45, 2.75) is 19.4 Å². The number of carbonyl (C=O) groups is 2. The molecule has 1 heterocycles. The number of rotatable bonds is 8. The predicted molar refractivity (Wildman–Crippen MR) is 122 cm³/mol. The molecule has 4 rings (SSSR count). The van der Waals surface area contributed by atoms with Crippen LogP contribution in [-0.4, -0.2) is 27.9 Å². The van der Waals surface area contributed by atoms with Gasteiger partial charge < -0.3 is 15.2 Å². The quantitative estimate of drug-likeness (QED) is 0.412. The van der Waals surface area contributed by atoms with E-state index in [0.717, 1.165) is 16.9 Å². The number of aromatic nitrogens is 2. The summed E-state index contributed by atoms with van der Waals surface area (Å²) in [6, 6.07) is 22.4. The van der Waals surface area contributed by atoms with Gasteiger partial charge in [-0.3, -0.25) is 9.59 Å². The fourth-order valence-corrected chi connectivity index (χ4v) is 3.51. The number of anilines is 1. The lowest BCUT2D eigenvalue weighted by atomic mass is 10.2. The molecular weight excluding hydrogens is 407 g/mol. The Labute approximate surface area is 185 Å². The van der Waals surface area contributed by atoms with E-state index in [4.69, 9.17) is 0 Å². The van der Waals surface area contributed by atoms with Crippen molar-refractivity contribution in [3.05, 3.63) is 96.1 Å². The van der Waals surface area contributed by atoms with E-state index in [2.05, 4.69) is 15.6 Å². The number of hydrogen-bond donors (Lipinski definition) is 2. The molecule has 0 aliphatic heterocycles. The number of aryl methyl sites for hydroxylation is 1. The van der Waals surface area contributed by atoms with Crippen LogP contribution in [0.4, 0.5) is 10.1 Å². The zero-order valence-corrected chi connectivity index (χ0v) is 17.4. The Bertz CT molecular complexity index is 1220. The largest absolute Gasteiger partial charge is 0.352 e. The van der Waals surface area contributed by atoms with E-state index < -0.39 is 0 Å². The van der Waals surface area contributed by atoms with Crippen molar-refractivity contribution in [1.82, 2.24) is 14.9 Å². The molecule has 1 aromatic heterocycles. The third kappa shape index (κ3) is 5.18. The van der Waals surface area contributed by atoms with E-state index in [9.17, 15) is 14.0 Å². The van der Waals surface area contributed by atoms with Gasteiger partial charge in [0.2, 0.25) is 5.91 Å². The highest BCUT2D eigenvalue weighted by molar-refractivity contribution is 5.94. The highest BCUT2D eigenvalue weighted by Crippen LogP contribution is 2.18. The van der Waals surface area contributed by atoms with Crippen LogP contribution in [-0.2, 0) is 17.8 Å². The van der Waals surface area contributed by atoms with Crippen molar-refractivity contribution in [2.75, 3.05) is 11.9 Å². The van der Waals surface area contributed by atoms with Crippen LogP contribution in [0.1, 0.15) is 22.6 Å². The summed E-state index contributed by atoms with van der Waals surface area (Å²) in [6.07, 6.45) is 1.29. The van der Waals surface area contributed by atoms with Crippen molar-refractivity contribution < 1.29 is 14.0 Å². The summed E-state index contributed by atoms with van der Waals surface area (Å²) in [7, 11) is 0. The molecule has 0 bridgehead atoms. The molecule has 3 aromatic carbocycles. The second kappa shape index (κ2) is 9.87. The Kier molecular flexibility index (Phi) is 6.55. The summed E-state index contributed by atoms with van der Waals surface area (Å²) in [6.45, 7) is 0.586. The molecule has 0 radical (unpaired) electrons. The third-order valence-corrected chi connectivity index (χ3v) is 5.06. The molecule has 0 saturated heterocycles. The first-order valence-electron chi connectivity index (χ1n) is 10.4. The molecule has 2 amide bonds. The lowest BCUT2D eigenvalue weighted by Gasteiger charge is -2.11. The number of para-hydroxylation sites is 2. The lowest BCUT2D eigenvalue weighted by Crippen LogP contribution is -2.25. The number of nitrogens with one attached hydrogen (secondary N) is 2. The molecule has 0 spiro atoms. The molecule has 6 nitrogen and oxygen atoms in total. The van der Waals surface area contributed by atoms with Crippen LogP contribution in [0.15, 0.2) is 78.9 Å². The van der Waals surface area contributed by atoms with Crippen LogP contribution in [0.3, 0.4) is 0 Å². The number of hydrogen-bond acceptors (Lipinski definition) is 3. The van der Waals surface area contributed by atoms with Gasteiger partial charge in [-0.2, -0.15) is 0 Å². The topological polar surface area (TPSA) is 76.0 Å². The Morgan fingerprint density at radius 1 is 0.906 bits per heavy atom. The van der Waals surface area contributed by atoms with E-state index in [1.807, 2.05) is 47.0 Å².